The Morgan fingerprint density at radius 2 is 2.35 bits per heavy atom. The van der Waals surface area contributed by atoms with Gasteiger partial charge in [-0.05, 0) is 32.4 Å². The molecule has 0 spiro atoms. The summed E-state index contributed by atoms with van der Waals surface area (Å²) in [6.07, 6.45) is 0.0621. The Kier molecular flexibility index (Phi) is 4.61. The van der Waals surface area contributed by atoms with E-state index in [1.165, 1.54) is 6.07 Å². The molecule has 0 fully saturated rings. The van der Waals surface area contributed by atoms with Gasteiger partial charge in [0.05, 0.1) is 17.4 Å². The molecule has 1 aromatic rings. The summed E-state index contributed by atoms with van der Waals surface area (Å²) in [5.41, 5.74) is 1.29. The number of aromatic nitrogens is 1. The molecule has 5 nitrogen and oxygen atoms in total. The number of hydrogen-bond donors (Lipinski definition) is 2. The highest BCUT2D eigenvalue weighted by Crippen LogP contribution is 2.05. The van der Waals surface area contributed by atoms with Crippen molar-refractivity contribution in [2.24, 2.45) is 0 Å². The number of carbonyl (C=O) groups excluding carboxylic acids is 1. The van der Waals surface area contributed by atoms with E-state index in [-0.39, 0.29) is 11.6 Å². The van der Waals surface area contributed by atoms with Gasteiger partial charge in [-0.25, -0.2) is 4.98 Å². The van der Waals surface area contributed by atoms with Crippen molar-refractivity contribution in [3.05, 3.63) is 29.1 Å². The van der Waals surface area contributed by atoms with Crippen LogP contribution in [0.2, 0.25) is 0 Å². The van der Waals surface area contributed by atoms with E-state index >= 15 is 0 Å². The van der Waals surface area contributed by atoms with Crippen LogP contribution in [-0.2, 0) is 0 Å². The Morgan fingerprint density at radius 1 is 1.65 bits per heavy atom. The zero-order chi connectivity index (χ0) is 12.8. The van der Waals surface area contributed by atoms with E-state index in [2.05, 4.69) is 10.3 Å². The molecule has 5 heteroatoms. The van der Waals surface area contributed by atoms with Gasteiger partial charge in [-0.15, -0.1) is 0 Å². The van der Waals surface area contributed by atoms with Crippen LogP contribution in [0.5, 0.6) is 0 Å². The molecule has 0 radical (unpaired) electrons. The monoisotopic (exact) mass is 233 g/mol. The third kappa shape index (κ3) is 3.85. The van der Waals surface area contributed by atoms with Crippen molar-refractivity contribution in [1.29, 1.82) is 5.26 Å². The van der Waals surface area contributed by atoms with E-state index < -0.39 is 6.10 Å². The van der Waals surface area contributed by atoms with Gasteiger partial charge in [0.15, 0.2) is 0 Å². The average Bonchev–Trinajstić information content (AvgIpc) is 2.28. The Labute approximate surface area is 100 Å². The highest BCUT2D eigenvalue weighted by molar-refractivity contribution is 5.92. The zero-order valence-electron chi connectivity index (χ0n) is 9.90. The van der Waals surface area contributed by atoms with Crippen molar-refractivity contribution in [3.8, 4) is 6.07 Å². The van der Waals surface area contributed by atoms with Gasteiger partial charge in [0.25, 0.3) is 5.91 Å². The number of nitrogens with zero attached hydrogens (tertiary/aromatic N) is 2. The summed E-state index contributed by atoms with van der Waals surface area (Å²) in [6.45, 7) is 3.75. The van der Waals surface area contributed by atoms with Crippen LogP contribution in [0.4, 0.5) is 0 Å². The van der Waals surface area contributed by atoms with Crippen molar-refractivity contribution in [2.75, 3.05) is 6.54 Å². The maximum absolute atomic E-state index is 11.6. The molecule has 1 rings (SSSR count). The molecule has 17 heavy (non-hydrogen) atoms. The summed E-state index contributed by atoms with van der Waals surface area (Å²) >= 11 is 0. The normalized spacial score (nSPS) is 11.6. The number of aryl methyl sites for hydroxylation is 1. The molecular formula is C12H15N3O2. The minimum absolute atomic E-state index is 0.284. The molecule has 0 saturated carbocycles. The van der Waals surface area contributed by atoms with Crippen molar-refractivity contribution in [3.63, 3.8) is 0 Å². The number of aliphatic hydroxyl groups is 1. The number of aliphatic hydroxyl groups excluding tert-OH is 1. The van der Waals surface area contributed by atoms with Crippen LogP contribution < -0.4 is 5.32 Å². The van der Waals surface area contributed by atoms with Gasteiger partial charge >= 0.3 is 0 Å². The molecule has 0 aliphatic heterocycles. The van der Waals surface area contributed by atoms with Gasteiger partial charge in [-0.3, -0.25) is 4.79 Å². The second-order valence-electron chi connectivity index (χ2n) is 3.83. The Bertz CT molecular complexity index is 450. The van der Waals surface area contributed by atoms with Crippen LogP contribution in [0.3, 0.4) is 0 Å². The first-order valence-corrected chi connectivity index (χ1v) is 5.38. The lowest BCUT2D eigenvalue weighted by Gasteiger charge is -2.07. The molecule has 0 aliphatic rings. The maximum Gasteiger partial charge on any atom is 0.269 e. The fourth-order valence-corrected chi connectivity index (χ4v) is 1.29. The first-order chi connectivity index (χ1) is 8.04. The number of hydrogen-bond acceptors (Lipinski definition) is 4. The standard InChI is InChI=1S/C12H15N3O2/c1-8(16)5-6-14-12(17)11-4-3-10(7-13)9(2)15-11/h3-4,8,16H,5-6H2,1-2H3,(H,14,17). The molecule has 1 atom stereocenters. The highest BCUT2D eigenvalue weighted by atomic mass is 16.3. The van der Waals surface area contributed by atoms with Crippen LogP contribution in [0.15, 0.2) is 12.1 Å². The van der Waals surface area contributed by atoms with E-state index in [9.17, 15) is 4.79 Å². The molecule has 0 aliphatic carbocycles. The number of amides is 1. The fourth-order valence-electron chi connectivity index (χ4n) is 1.29. The summed E-state index contributed by atoms with van der Waals surface area (Å²) in [6, 6.07) is 5.08. The second kappa shape index (κ2) is 5.97. The molecule has 2 N–H and O–H groups in total. The van der Waals surface area contributed by atoms with Crippen LogP contribution in [0.1, 0.15) is 35.1 Å². The number of pyridine rings is 1. The van der Waals surface area contributed by atoms with Crippen molar-refractivity contribution in [1.82, 2.24) is 10.3 Å². The Morgan fingerprint density at radius 3 is 2.88 bits per heavy atom. The average molecular weight is 233 g/mol. The van der Waals surface area contributed by atoms with Gasteiger partial charge in [0, 0.05) is 6.54 Å². The summed E-state index contributed by atoms with van der Waals surface area (Å²) in [4.78, 5) is 15.7. The quantitative estimate of drug-likeness (QED) is 0.804. The molecule has 1 amide bonds. The smallest absolute Gasteiger partial charge is 0.269 e. The molecule has 0 bridgehead atoms. The maximum atomic E-state index is 11.6. The van der Waals surface area contributed by atoms with Crippen LogP contribution >= 0.6 is 0 Å². The van der Waals surface area contributed by atoms with Crippen LogP contribution in [0, 0.1) is 18.3 Å². The topological polar surface area (TPSA) is 86.0 Å². The molecule has 0 aromatic carbocycles. The van der Waals surface area contributed by atoms with Crippen molar-refractivity contribution in [2.45, 2.75) is 26.4 Å². The first-order valence-electron chi connectivity index (χ1n) is 5.38. The second-order valence-corrected chi connectivity index (χ2v) is 3.83. The predicted octanol–water partition coefficient (Wildman–Crippen LogP) is 0.762. The minimum Gasteiger partial charge on any atom is -0.393 e. The number of rotatable bonds is 4. The van der Waals surface area contributed by atoms with Gasteiger partial charge in [-0.2, -0.15) is 5.26 Å². The molecule has 1 unspecified atom stereocenters. The molecule has 90 valence electrons. The number of nitriles is 1. The third-order valence-electron chi connectivity index (χ3n) is 2.29. The molecular weight excluding hydrogens is 218 g/mol. The van der Waals surface area contributed by atoms with Crippen LogP contribution in [-0.4, -0.2) is 28.6 Å². The lowest BCUT2D eigenvalue weighted by Crippen LogP contribution is -2.27. The summed E-state index contributed by atoms with van der Waals surface area (Å²) in [7, 11) is 0. The number of carbonyl (C=O) groups is 1. The largest absolute Gasteiger partial charge is 0.393 e. The van der Waals surface area contributed by atoms with Gasteiger partial charge in [-0.1, -0.05) is 0 Å². The van der Waals surface area contributed by atoms with Gasteiger partial charge in [0.2, 0.25) is 0 Å². The highest BCUT2D eigenvalue weighted by Gasteiger charge is 2.09. The van der Waals surface area contributed by atoms with Crippen molar-refractivity contribution < 1.29 is 9.90 Å². The minimum atomic E-state index is -0.439. The first kappa shape index (κ1) is 13.1. The van der Waals surface area contributed by atoms with E-state index in [0.29, 0.717) is 24.2 Å². The predicted molar refractivity (Wildman–Crippen MR) is 62.3 cm³/mol. The molecule has 0 saturated heterocycles. The van der Waals surface area contributed by atoms with Crippen molar-refractivity contribution >= 4 is 5.91 Å². The summed E-state index contributed by atoms with van der Waals surface area (Å²) < 4.78 is 0. The van der Waals surface area contributed by atoms with Gasteiger partial charge < -0.3 is 10.4 Å². The lowest BCUT2D eigenvalue weighted by atomic mass is 10.2. The summed E-state index contributed by atoms with van der Waals surface area (Å²) in [5, 5.41) is 20.4. The Balaban J connectivity index is 2.64. The number of nitrogens with one attached hydrogen (secondary N) is 1. The third-order valence-corrected chi connectivity index (χ3v) is 2.29. The Hall–Kier alpha value is -1.93. The van der Waals surface area contributed by atoms with E-state index in [1.807, 2.05) is 6.07 Å². The van der Waals surface area contributed by atoms with Crippen LogP contribution in [0.25, 0.3) is 0 Å². The fraction of sp³-hybridized carbons (Fsp3) is 0.417. The summed E-state index contributed by atoms with van der Waals surface area (Å²) in [5.74, 6) is -0.293. The SMILES string of the molecule is Cc1nc(C(=O)NCCC(C)O)ccc1C#N. The van der Waals surface area contributed by atoms with E-state index in [0.717, 1.165) is 0 Å². The molecule has 1 heterocycles. The van der Waals surface area contributed by atoms with Gasteiger partial charge in [0.1, 0.15) is 11.8 Å². The zero-order valence-corrected chi connectivity index (χ0v) is 9.90. The van der Waals surface area contributed by atoms with E-state index in [4.69, 9.17) is 10.4 Å². The lowest BCUT2D eigenvalue weighted by molar-refractivity contribution is 0.0940. The molecule has 1 aromatic heterocycles. The van der Waals surface area contributed by atoms with E-state index in [1.54, 1.807) is 19.9 Å².